The van der Waals surface area contributed by atoms with E-state index in [4.69, 9.17) is 0 Å². The number of amides is 2. The second-order valence-corrected chi connectivity index (χ2v) is 7.53. The third-order valence-corrected chi connectivity index (χ3v) is 4.92. The van der Waals surface area contributed by atoms with E-state index in [0.717, 1.165) is 16.8 Å². The smallest absolute Gasteiger partial charge is 0.318 e. The van der Waals surface area contributed by atoms with Crippen molar-refractivity contribution in [3.05, 3.63) is 69.1 Å². The highest BCUT2D eigenvalue weighted by Gasteiger charge is 2.48. The van der Waals surface area contributed by atoms with Crippen molar-refractivity contribution in [3.8, 4) is 0 Å². The van der Waals surface area contributed by atoms with Crippen LogP contribution in [0, 0.1) is 19.3 Å². The molecule has 1 aliphatic rings. The largest absolute Gasteiger partial charge is 0.334 e. The van der Waals surface area contributed by atoms with Gasteiger partial charge >= 0.3 is 6.03 Å². The molecule has 2 heterocycles. The number of pyridine rings is 1. The lowest BCUT2D eigenvalue weighted by atomic mass is 9.72. The fourth-order valence-electron chi connectivity index (χ4n) is 3.75. The summed E-state index contributed by atoms with van der Waals surface area (Å²) >= 11 is 0. The Labute approximate surface area is 148 Å². The fraction of sp³-hybridized carbons (Fsp3) is 0.400. The molecule has 2 amide bonds. The van der Waals surface area contributed by atoms with Crippen LogP contribution in [-0.2, 0) is 6.54 Å². The van der Waals surface area contributed by atoms with Gasteiger partial charge in [-0.25, -0.2) is 4.79 Å². The first-order valence-electron chi connectivity index (χ1n) is 8.58. The van der Waals surface area contributed by atoms with Gasteiger partial charge in [0.15, 0.2) is 0 Å². The van der Waals surface area contributed by atoms with E-state index < -0.39 is 0 Å². The minimum Gasteiger partial charge on any atom is -0.334 e. The van der Waals surface area contributed by atoms with E-state index in [-0.39, 0.29) is 29.6 Å². The molecule has 1 saturated heterocycles. The number of hydrogen-bond acceptors (Lipinski definition) is 2. The number of aromatic amines is 1. The van der Waals surface area contributed by atoms with E-state index in [2.05, 4.69) is 36.3 Å². The van der Waals surface area contributed by atoms with Gasteiger partial charge in [0.1, 0.15) is 0 Å². The molecule has 1 fully saturated rings. The Morgan fingerprint density at radius 1 is 1.28 bits per heavy atom. The maximum Gasteiger partial charge on any atom is 0.318 e. The van der Waals surface area contributed by atoms with Crippen molar-refractivity contribution in [3.63, 3.8) is 0 Å². The number of benzene rings is 1. The molecule has 2 aromatic rings. The molecule has 5 nitrogen and oxygen atoms in total. The van der Waals surface area contributed by atoms with Crippen LogP contribution in [0.2, 0.25) is 0 Å². The number of H-pyrrole nitrogens is 1. The summed E-state index contributed by atoms with van der Waals surface area (Å²) in [6.45, 7) is 9.01. The number of aryl methyl sites for hydroxylation is 2. The van der Waals surface area contributed by atoms with Crippen LogP contribution in [0.5, 0.6) is 0 Å². The second-order valence-electron chi connectivity index (χ2n) is 7.53. The van der Waals surface area contributed by atoms with E-state index in [0.29, 0.717) is 12.1 Å². The zero-order valence-electron chi connectivity index (χ0n) is 15.2. The van der Waals surface area contributed by atoms with Crippen molar-refractivity contribution in [2.75, 3.05) is 6.54 Å². The van der Waals surface area contributed by atoms with Crippen molar-refractivity contribution < 1.29 is 4.79 Å². The number of nitrogens with zero attached hydrogens (tertiary/aromatic N) is 1. The van der Waals surface area contributed by atoms with Crippen molar-refractivity contribution in [2.45, 2.75) is 40.3 Å². The SMILES string of the molecule is Cc1cc(C)c(CNC(=O)N2CC(C)(C)C2c2ccccc2)c(=O)[nH]1. The summed E-state index contributed by atoms with van der Waals surface area (Å²) in [7, 11) is 0. The predicted octanol–water partition coefficient (Wildman–Crippen LogP) is 3.28. The van der Waals surface area contributed by atoms with Crippen molar-refractivity contribution >= 4 is 6.03 Å². The van der Waals surface area contributed by atoms with Gasteiger partial charge < -0.3 is 15.2 Å². The average molecular weight is 339 g/mol. The van der Waals surface area contributed by atoms with Crippen LogP contribution in [-0.4, -0.2) is 22.5 Å². The molecule has 2 N–H and O–H groups in total. The Kier molecular flexibility index (Phi) is 4.41. The van der Waals surface area contributed by atoms with Gasteiger partial charge in [0.05, 0.1) is 12.6 Å². The number of aromatic nitrogens is 1. The zero-order chi connectivity index (χ0) is 18.2. The molecule has 25 heavy (non-hydrogen) atoms. The number of nitrogens with one attached hydrogen (secondary N) is 2. The Bertz CT molecular complexity index is 840. The average Bonchev–Trinajstić information content (AvgIpc) is 2.52. The predicted molar refractivity (Wildman–Crippen MR) is 98.4 cm³/mol. The first-order valence-corrected chi connectivity index (χ1v) is 8.58. The van der Waals surface area contributed by atoms with E-state index >= 15 is 0 Å². The Morgan fingerprint density at radius 2 is 1.96 bits per heavy atom. The molecule has 132 valence electrons. The van der Waals surface area contributed by atoms with Crippen LogP contribution in [0.1, 0.15) is 42.3 Å². The van der Waals surface area contributed by atoms with Gasteiger partial charge in [0.25, 0.3) is 5.56 Å². The molecule has 3 rings (SSSR count). The highest BCUT2D eigenvalue weighted by Crippen LogP contribution is 2.48. The molecule has 1 atom stereocenters. The molecular formula is C20H25N3O2. The molecule has 1 aliphatic heterocycles. The summed E-state index contributed by atoms with van der Waals surface area (Å²) in [4.78, 5) is 29.4. The summed E-state index contributed by atoms with van der Waals surface area (Å²) in [6, 6.07) is 11.9. The van der Waals surface area contributed by atoms with Crippen molar-refractivity contribution in [1.82, 2.24) is 15.2 Å². The van der Waals surface area contributed by atoms with Crippen LogP contribution >= 0.6 is 0 Å². The van der Waals surface area contributed by atoms with Crippen molar-refractivity contribution in [1.29, 1.82) is 0 Å². The van der Waals surface area contributed by atoms with Crippen LogP contribution in [0.15, 0.2) is 41.2 Å². The molecule has 5 heteroatoms. The maximum atomic E-state index is 12.7. The van der Waals surface area contributed by atoms with Gasteiger partial charge in [-0.05, 0) is 31.0 Å². The normalized spacial score (nSPS) is 18.6. The number of carbonyl (C=O) groups excluding carboxylic acids is 1. The van der Waals surface area contributed by atoms with Gasteiger partial charge in [0.2, 0.25) is 0 Å². The zero-order valence-corrected chi connectivity index (χ0v) is 15.2. The fourth-order valence-corrected chi connectivity index (χ4v) is 3.75. The van der Waals surface area contributed by atoms with E-state index in [1.54, 1.807) is 0 Å². The number of carbonyl (C=O) groups is 1. The summed E-state index contributed by atoms with van der Waals surface area (Å²) in [5.74, 6) is 0. The second kappa shape index (κ2) is 6.39. The summed E-state index contributed by atoms with van der Waals surface area (Å²) in [5, 5.41) is 2.91. The van der Waals surface area contributed by atoms with Gasteiger partial charge in [-0.15, -0.1) is 0 Å². The van der Waals surface area contributed by atoms with E-state index in [1.165, 1.54) is 0 Å². The maximum absolute atomic E-state index is 12.7. The molecule has 0 radical (unpaired) electrons. The number of urea groups is 1. The minimum atomic E-state index is -0.138. The van der Waals surface area contributed by atoms with Gasteiger partial charge in [0, 0.05) is 23.2 Å². The van der Waals surface area contributed by atoms with Gasteiger partial charge in [-0.1, -0.05) is 44.2 Å². The molecule has 0 aliphatic carbocycles. The Morgan fingerprint density at radius 3 is 2.56 bits per heavy atom. The molecule has 1 aromatic heterocycles. The standard InChI is InChI=1S/C20H25N3O2/c1-13-10-14(2)22-18(24)16(13)11-21-19(25)23-12-20(3,4)17(23)15-8-6-5-7-9-15/h5-10,17H,11-12H2,1-4H3,(H,21,25)(H,22,24). The summed E-state index contributed by atoms with van der Waals surface area (Å²) < 4.78 is 0. The summed E-state index contributed by atoms with van der Waals surface area (Å²) in [5.41, 5.74) is 3.36. The molecule has 1 unspecified atom stereocenters. The number of rotatable bonds is 3. The number of likely N-dealkylation sites (tertiary alicyclic amines) is 1. The molecule has 0 bridgehead atoms. The Hall–Kier alpha value is -2.56. The van der Waals surface area contributed by atoms with E-state index in [1.807, 2.05) is 43.0 Å². The lowest BCUT2D eigenvalue weighted by Crippen LogP contribution is -2.60. The highest BCUT2D eigenvalue weighted by atomic mass is 16.2. The third-order valence-electron chi connectivity index (χ3n) is 4.92. The molecule has 1 aromatic carbocycles. The first-order chi connectivity index (χ1) is 11.8. The van der Waals surface area contributed by atoms with Gasteiger partial charge in [-0.3, -0.25) is 4.79 Å². The quantitative estimate of drug-likeness (QED) is 0.901. The monoisotopic (exact) mass is 339 g/mol. The third kappa shape index (κ3) is 3.31. The number of hydrogen-bond donors (Lipinski definition) is 2. The topological polar surface area (TPSA) is 65.2 Å². The highest BCUT2D eigenvalue weighted by molar-refractivity contribution is 5.76. The van der Waals surface area contributed by atoms with Crippen LogP contribution < -0.4 is 10.9 Å². The lowest BCUT2D eigenvalue weighted by molar-refractivity contribution is -0.0165. The molecule has 0 saturated carbocycles. The van der Waals surface area contributed by atoms with Crippen LogP contribution in [0.3, 0.4) is 0 Å². The molecule has 0 spiro atoms. The molecular weight excluding hydrogens is 314 g/mol. The Balaban J connectivity index is 1.73. The van der Waals surface area contributed by atoms with Gasteiger partial charge in [-0.2, -0.15) is 0 Å². The minimum absolute atomic E-state index is 0.0376. The lowest BCUT2D eigenvalue weighted by Gasteiger charge is -2.54. The van der Waals surface area contributed by atoms with Crippen LogP contribution in [0.4, 0.5) is 4.79 Å². The summed E-state index contributed by atoms with van der Waals surface area (Å²) in [6.07, 6.45) is 0. The first kappa shape index (κ1) is 17.3. The van der Waals surface area contributed by atoms with E-state index in [9.17, 15) is 9.59 Å². The van der Waals surface area contributed by atoms with Crippen LogP contribution in [0.25, 0.3) is 0 Å². The van der Waals surface area contributed by atoms with Crippen molar-refractivity contribution in [2.24, 2.45) is 5.41 Å².